The number of sulfonamides is 1. The zero-order valence-corrected chi connectivity index (χ0v) is 15.3. The number of para-hydroxylation sites is 2. The first-order valence-corrected chi connectivity index (χ1v) is 10.1. The largest absolute Gasteiger partial charge is 0.493 e. The van der Waals surface area contributed by atoms with Gasteiger partial charge in [0.2, 0.25) is 10.0 Å². The highest BCUT2D eigenvalue weighted by Gasteiger charge is 2.23. The summed E-state index contributed by atoms with van der Waals surface area (Å²) in [5.41, 5.74) is 2.61. The Balaban J connectivity index is 1.54. The van der Waals surface area contributed by atoms with E-state index in [9.17, 15) is 8.42 Å². The van der Waals surface area contributed by atoms with Crippen molar-refractivity contribution in [1.29, 1.82) is 0 Å². The summed E-state index contributed by atoms with van der Waals surface area (Å²) in [6.45, 7) is 2.78. The Hall–Kier alpha value is -2.44. The molecule has 1 aliphatic rings. The van der Waals surface area contributed by atoms with Gasteiger partial charge >= 0.3 is 0 Å². The van der Waals surface area contributed by atoms with Gasteiger partial charge in [0.15, 0.2) is 0 Å². The maximum Gasteiger partial charge on any atom is 0.242 e. The monoisotopic (exact) mass is 368 g/mol. The summed E-state index contributed by atoms with van der Waals surface area (Å²) in [4.78, 5) is 4.54. The maximum atomic E-state index is 12.8. The van der Waals surface area contributed by atoms with Gasteiger partial charge in [0, 0.05) is 24.0 Å². The smallest absolute Gasteiger partial charge is 0.242 e. The van der Waals surface area contributed by atoms with E-state index in [2.05, 4.69) is 9.71 Å². The third kappa shape index (κ3) is 3.30. The van der Waals surface area contributed by atoms with Gasteiger partial charge in [-0.3, -0.25) is 4.98 Å². The Labute approximate surface area is 153 Å². The summed E-state index contributed by atoms with van der Waals surface area (Å²) >= 11 is 0. The van der Waals surface area contributed by atoms with E-state index in [1.165, 1.54) is 0 Å². The van der Waals surface area contributed by atoms with E-state index in [0.717, 1.165) is 28.7 Å². The molecular weight excluding hydrogens is 348 g/mol. The van der Waals surface area contributed by atoms with Crippen molar-refractivity contribution in [1.82, 2.24) is 9.71 Å². The normalized spacial score (nSPS) is 16.9. The molecule has 0 spiro atoms. The van der Waals surface area contributed by atoms with Gasteiger partial charge < -0.3 is 4.74 Å². The molecule has 134 valence electrons. The minimum atomic E-state index is -3.64. The van der Waals surface area contributed by atoms with Gasteiger partial charge in [0.05, 0.1) is 12.1 Å². The molecule has 0 saturated carbocycles. The standard InChI is InChI=1S/C20H20N2O3S/c1-14-9-17-6-4-8-19(20(17)21-11-14)26(23,24)22-12-15-10-16-5-2-3-7-18(16)25-13-15/h2-9,11,15,22H,10,12-13H2,1H3/t15-/m0/s1. The number of aryl methyl sites for hydroxylation is 1. The lowest BCUT2D eigenvalue weighted by atomic mass is 9.97. The van der Waals surface area contributed by atoms with Crippen LogP contribution >= 0.6 is 0 Å². The number of fused-ring (bicyclic) bond motifs is 2. The van der Waals surface area contributed by atoms with E-state index >= 15 is 0 Å². The number of benzene rings is 2. The average molecular weight is 368 g/mol. The van der Waals surface area contributed by atoms with E-state index in [0.29, 0.717) is 18.7 Å². The lowest BCUT2D eigenvalue weighted by Gasteiger charge is -2.25. The predicted molar refractivity (Wildman–Crippen MR) is 101 cm³/mol. The fourth-order valence-corrected chi connectivity index (χ4v) is 4.58. The number of nitrogens with one attached hydrogen (secondary N) is 1. The average Bonchev–Trinajstić information content (AvgIpc) is 2.65. The van der Waals surface area contributed by atoms with Crippen molar-refractivity contribution < 1.29 is 13.2 Å². The van der Waals surface area contributed by atoms with E-state index < -0.39 is 10.0 Å². The molecule has 0 fully saturated rings. The molecule has 5 nitrogen and oxygen atoms in total. The molecular formula is C20H20N2O3S. The van der Waals surface area contributed by atoms with Gasteiger partial charge in [-0.2, -0.15) is 0 Å². The van der Waals surface area contributed by atoms with Crippen LogP contribution in [0.15, 0.2) is 59.6 Å². The lowest BCUT2D eigenvalue weighted by Crippen LogP contribution is -2.34. The van der Waals surface area contributed by atoms with Crippen LogP contribution in [0.3, 0.4) is 0 Å². The van der Waals surface area contributed by atoms with Gasteiger partial charge in [0.1, 0.15) is 10.6 Å². The van der Waals surface area contributed by atoms with Crippen molar-refractivity contribution in [2.45, 2.75) is 18.2 Å². The molecule has 0 saturated heterocycles. The molecule has 1 atom stereocenters. The predicted octanol–water partition coefficient (Wildman–Crippen LogP) is 3.07. The number of rotatable bonds is 4. The molecule has 0 aliphatic carbocycles. The number of aromatic nitrogens is 1. The van der Waals surface area contributed by atoms with E-state index in [-0.39, 0.29) is 10.8 Å². The van der Waals surface area contributed by atoms with Gasteiger partial charge in [-0.05, 0) is 42.7 Å². The fraction of sp³-hybridized carbons (Fsp3) is 0.250. The third-order valence-electron chi connectivity index (χ3n) is 4.62. The van der Waals surface area contributed by atoms with Crippen LogP contribution in [0.4, 0.5) is 0 Å². The van der Waals surface area contributed by atoms with Crippen LogP contribution in [-0.4, -0.2) is 26.6 Å². The van der Waals surface area contributed by atoms with Crippen molar-refractivity contribution >= 4 is 20.9 Å². The Morgan fingerprint density at radius 2 is 2.04 bits per heavy atom. The van der Waals surface area contributed by atoms with Crippen LogP contribution in [0.2, 0.25) is 0 Å². The minimum absolute atomic E-state index is 0.102. The molecule has 2 heterocycles. The van der Waals surface area contributed by atoms with E-state index in [4.69, 9.17) is 4.74 Å². The van der Waals surface area contributed by atoms with E-state index in [1.54, 1.807) is 18.3 Å². The maximum absolute atomic E-state index is 12.8. The molecule has 0 amide bonds. The Bertz CT molecular complexity index is 1060. The summed E-state index contributed by atoms with van der Waals surface area (Å²) in [5.74, 6) is 0.991. The summed E-state index contributed by atoms with van der Waals surface area (Å²) in [6.07, 6.45) is 2.49. The highest BCUT2D eigenvalue weighted by atomic mass is 32.2. The number of pyridine rings is 1. The highest BCUT2D eigenvalue weighted by molar-refractivity contribution is 7.89. The lowest BCUT2D eigenvalue weighted by molar-refractivity contribution is 0.223. The number of hydrogen-bond donors (Lipinski definition) is 1. The van der Waals surface area contributed by atoms with Gasteiger partial charge in [0.25, 0.3) is 0 Å². The number of ether oxygens (including phenoxy) is 1. The molecule has 0 radical (unpaired) electrons. The summed E-state index contributed by atoms with van der Waals surface area (Å²) in [5, 5.41) is 0.822. The topological polar surface area (TPSA) is 68.3 Å². The molecule has 1 aliphatic heterocycles. The zero-order valence-electron chi connectivity index (χ0n) is 14.5. The van der Waals surface area contributed by atoms with Crippen molar-refractivity contribution in [3.05, 3.63) is 65.9 Å². The molecule has 4 rings (SSSR count). The molecule has 26 heavy (non-hydrogen) atoms. The van der Waals surface area contributed by atoms with Gasteiger partial charge in [-0.1, -0.05) is 30.3 Å². The molecule has 0 unspecified atom stereocenters. The first kappa shape index (κ1) is 17.0. The van der Waals surface area contributed by atoms with Gasteiger partial charge in [-0.15, -0.1) is 0 Å². The van der Waals surface area contributed by atoms with Crippen LogP contribution in [0.1, 0.15) is 11.1 Å². The third-order valence-corrected chi connectivity index (χ3v) is 6.07. The fourth-order valence-electron chi connectivity index (χ4n) is 3.29. The summed E-state index contributed by atoms with van der Waals surface area (Å²) in [7, 11) is -3.64. The SMILES string of the molecule is Cc1cnc2c(S(=O)(=O)NC[C@H]3COc4ccccc4C3)cccc2c1. The van der Waals surface area contributed by atoms with Crippen LogP contribution in [0.25, 0.3) is 10.9 Å². The summed E-state index contributed by atoms with van der Waals surface area (Å²) < 4.78 is 34.1. The second-order valence-corrected chi connectivity index (χ2v) is 8.42. The highest BCUT2D eigenvalue weighted by Crippen LogP contribution is 2.27. The van der Waals surface area contributed by atoms with Crippen LogP contribution in [-0.2, 0) is 16.4 Å². The second kappa shape index (κ2) is 6.70. The quantitative estimate of drug-likeness (QED) is 0.768. The first-order chi connectivity index (χ1) is 12.5. The molecule has 1 N–H and O–H groups in total. The molecule has 1 aromatic heterocycles. The first-order valence-electron chi connectivity index (χ1n) is 8.59. The van der Waals surface area contributed by atoms with Crippen LogP contribution in [0.5, 0.6) is 5.75 Å². The Kier molecular flexibility index (Phi) is 4.38. The van der Waals surface area contributed by atoms with E-state index in [1.807, 2.05) is 43.3 Å². The van der Waals surface area contributed by atoms with Crippen molar-refractivity contribution in [2.75, 3.05) is 13.2 Å². The van der Waals surface area contributed by atoms with Crippen molar-refractivity contribution in [2.24, 2.45) is 5.92 Å². The minimum Gasteiger partial charge on any atom is -0.493 e. The second-order valence-electron chi connectivity index (χ2n) is 6.68. The zero-order chi connectivity index (χ0) is 18.1. The molecule has 0 bridgehead atoms. The molecule has 2 aromatic carbocycles. The van der Waals surface area contributed by atoms with Gasteiger partial charge in [-0.25, -0.2) is 13.1 Å². The van der Waals surface area contributed by atoms with Crippen LogP contribution < -0.4 is 9.46 Å². The van der Waals surface area contributed by atoms with Crippen molar-refractivity contribution in [3.63, 3.8) is 0 Å². The number of hydrogen-bond acceptors (Lipinski definition) is 4. The Morgan fingerprint density at radius 1 is 1.19 bits per heavy atom. The Morgan fingerprint density at radius 3 is 2.92 bits per heavy atom. The van der Waals surface area contributed by atoms with Crippen LogP contribution in [0, 0.1) is 12.8 Å². The molecule has 3 aromatic rings. The summed E-state index contributed by atoms with van der Waals surface area (Å²) in [6, 6.07) is 15.0. The number of nitrogens with zero attached hydrogens (tertiary/aromatic N) is 1. The molecule has 6 heteroatoms. The van der Waals surface area contributed by atoms with Crippen molar-refractivity contribution in [3.8, 4) is 5.75 Å².